The van der Waals surface area contributed by atoms with E-state index in [0.29, 0.717) is 18.6 Å². The Morgan fingerprint density at radius 3 is 2.22 bits per heavy atom. The van der Waals surface area contributed by atoms with Gasteiger partial charge < -0.3 is 25.2 Å². The Bertz CT molecular complexity index is 506. The van der Waals surface area contributed by atoms with Gasteiger partial charge in [-0.3, -0.25) is 0 Å². The Labute approximate surface area is 166 Å². The second-order valence-corrected chi connectivity index (χ2v) is 6.90. The van der Waals surface area contributed by atoms with Gasteiger partial charge in [-0.05, 0) is 49.5 Å². The van der Waals surface area contributed by atoms with Gasteiger partial charge in [-0.2, -0.15) is 0 Å². The number of likely N-dealkylation sites (tertiary alicyclic amines) is 1. The van der Waals surface area contributed by atoms with Crippen LogP contribution < -0.4 is 15.2 Å². The highest BCUT2D eigenvalue weighted by molar-refractivity contribution is 5.44. The minimum absolute atomic E-state index is 0.419. The molecular weight excluding hydrogens is 340 g/mol. The summed E-state index contributed by atoms with van der Waals surface area (Å²) in [5, 5.41) is 10.4. The Balaban J connectivity index is 0.00000103. The van der Waals surface area contributed by atoms with Crippen molar-refractivity contribution in [1.82, 2.24) is 4.90 Å². The van der Waals surface area contributed by atoms with E-state index in [2.05, 4.69) is 24.5 Å². The molecule has 1 aromatic carbocycles. The summed E-state index contributed by atoms with van der Waals surface area (Å²) in [6.45, 7) is 17.0. The van der Waals surface area contributed by atoms with Crippen LogP contribution in [0.15, 0.2) is 18.2 Å². The second-order valence-electron chi connectivity index (χ2n) is 6.90. The van der Waals surface area contributed by atoms with E-state index in [1.807, 2.05) is 45.9 Å². The van der Waals surface area contributed by atoms with Crippen LogP contribution in [0.4, 0.5) is 0 Å². The predicted octanol–water partition coefficient (Wildman–Crippen LogP) is 4.24. The average Bonchev–Trinajstić information content (AvgIpc) is 3.09. The molecular formula is C22H42N2O3. The van der Waals surface area contributed by atoms with Crippen LogP contribution in [-0.2, 0) is 0 Å². The van der Waals surface area contributed by atoms with Gasteiger partial charge in [-0.1, -0.05) is 47.6 Å². The van der Waals surface area contributed by atoms with Crippen LogP contribution in [0, 0.1) is 5.41 Å². The normalized spacial score (nSPS) is 18.0. The lowest BCUT2D eigenvalue weighted by Gasteiger charge is -2.22. The van der Waals surface area contributed by atoms with E-state index in [1.165, 1.54) is 13.5 Å². The molecule has 1 aromatic rings. The summed E-state index contributed by atoms with van der Waals surface area (Å²) < 4.78 is 11.1. The van der Waals surface area contributed by atoms with Crippen LogP contribution in [-0.4, -0.2) is 49.9 Å². The van der Waals surface area contributed by atoms with E-state index in [4.69, 9.17) is 9.47 Å². The smallest absolute Gasteiger partial charge is 0.161 e. The molecule has 5 nitrogen and oxygen atoms in total. The van der Waals surface area contributed by atoms with Gasteiger partial charge in [0.15, 0.2) is 11.5 Å². The molecule has 0 aliphatic carbocycles. The fourth-order valence-electron chi connectivity index (χ4n) is 3.15. The van der Waals surface area contributed by atoms with E-state index in [-0.39, 0.29) is 0 Å². The first kappa shape index (κ1) is 25.7. The average molecular weight is 383 g/mol. The minimum atomic E-state index is -0.440. The largest absolute Gasteiger partial charge is 0.486 e. The standard InChI is InChI=1S/C17H25NO3.2C2H6.CH5N/c1-17(2)6-8-18(12-17)7-5-14(19)13-3-4-15-16(11-13)21-10-9-20-15;3*1-2/h3-4,11,14,19H,5-10,12H2,1-2H3;2*1-2H3;2H2,1H3. The molecule has 2 aliphatic heterocycles. The van der Waals surface area contributed by atoms with Crippen molar-refractivity contribution in [2.24, 2.45) is 11.1 Å². The molecule has 158 valence electrons. The monoisotopic (exact) mass is 382 g/mol. The van der Waals surface area contributed by atoms with Crippen LogP contribution in [0.1, 0.15) is 66.1 Å². The van der Waals surface area contributed by atoms with Gasteiger partial charge in [0.2, 0.25) is 0 Å². The lowest BCUT2D eigenvalue weighted by Crippen LogP contribution is -2.25. The molecule has 0 aromatic heterocycles. The highest BCUT2D eigenvalue weighted by Crippen LogP contribution is 2.34. The maximum atomic E-state index is 10.4. The third-order valence-corrected chi connectivity index (χ3v) is 4.43. The third-order valence-electron chi connectivity index (χ3n) is 4.43. The van der Waals surface area contributed by atoms with Gasteiger partial charge in [0.05, 0.1) is 6.10 Å². The summed E-state index contributed by atoms with van der Waals surface area (Å²) in [7, 11) is 1.50. The molecule has 0 amide bonds. The summed E-state index contributed by atoms with van der Waals surface area (Å²) in [6.07, 6.45) is 1.56. The first-order chi connectivity index (χ1) is 13.0. The summed E-state index contributed by atoms with van der Waals surface area (Å²) in [6, 6.07) is 5.74. The van der Waals surface area contributed by atoms with E-state index in [0.717, 1.165) is 43.1 Å². The molecule has 0 spiro atoms. The molecule has 1 unspecified atom stereocenters. The highest BCUT2D eigenvalue weighted by atomic mass is 16.6. The molecule has 1 saturated heterocycles. The summed E-state index contributed by atoms with van der Waals surface area (Å²) >= 11 is 0. The molecule has 1 atom stereocenters. The Kier molecular flexibility index (Phi) is 13.1. The van der Waals surface area contributed by atoms with Gasteiger partial charge in [-0.25, -0.2) is 0 Å². The number of hydrogen-bond acceptors (Lipinski definition) is 5. The molecule has 3 rings (SSSR count). The Hall–Kier alpha value is -1.30. The number of fused-ring (bicyclic) bond motifs is 1. The number of nitrogens with zero attached hydrogens (tertiary/aromatic N) is 1. The third kappa shape index (κ3) is 8.50. The molecule has 27 heavy (non-hydrogen) atoms. The van der Waals surface area contributed by atoms with Crippen molar-refractivity contribution in [1.29, 1.82) is 0 Å². The number of aliphatic hydroxyl groups is 1. The molecule has 2 heterocycles. The van der Waals surface area contributed by atoms with Crippen molar-refractivity contribution < 1.29 is 14.6 Å². The maximum absolute atomic E-state index is 10.4. The Morgan fingerprint density at radius 1 is 1.07 bits per heavy atom. The van der Waals surface area contributed by atoms with Crippen molar-refractivity contribution in [3.8, 4) is 11.5 Å². The van der Waals surface area contributed by atoms with Gasteiger partial charge >= 0.3 is 0 Å². The van der Waals surface area contributed by atoms with Crippen molar-refractivity contribution >= 4 is 0 Å². The Morgan fingerprint density at radius 2 is 1.67 bits per heavy atom. The van der Waals surface area contributed by atoms with Crippen LogP contribution in [0.5, 0.6) is 11.5 Å². The van der Waals surface area contributed by atoms with Crippen LogP contribution >= 0.6 is 0 Å². The van der Waals surface area contributed by atoms with E-state index in [9.17, 15) is 5.11 Å². The second kappa shape index (κ2) is 13.8. The van der Waals surface area contributed by atoms with E-state index >= 15 is 0 Å². The number of aliphatic hydroxyl groups excluding tert-OH is 1. The van der Waals surface area contributed by atoms with Crippen LogP contribution in [0.25, 0.3) is 0 Å². The fraction of sp³-hybridized carbons (Fsp3) is 0.727. The van der Waals surface area contributed by atoms with Crippen molar-refractivity contribution in [3.05, 3.63) is 23.8 Å². The lowest BCUT2D eigenvalue weighted by atomic mass is 9.93. The molecule has 0 saturated carbocycles. The molecule has 5 heteroatoms. The minimum Gasteiger partial charge on any atom is -0.486 e. The molecule has 0 bridgehead atoms. The summed E-state index contributed by atoms with van der Waals surface area (Å²) in [5.41, 5.74) is 5.83. The summed E-state index contributed by atoms with van der Waals surface area (Å²) in [4.78, 5) is 2.45. The van der Waals surface area contributed by atoms with Gasteiger partial charge in [0.25, 0.3) is 0 Å². The number of benzene rings is 1. The van der Waals surface area contributed by atoms with Gasteiger partial charge in [0.1, 0.15) is 13.2 Å². The topological polar surface area (TPSA) is 68.0 Å². The summed E-state index contributed by atoms with van der Waals surface area (Å²) in [5.74, 6) is 1.53. The number of rotatable bonds is 4. The molecule has 3 N–H and O–H groups in total. The zero-order chi connectivity index (χ0) is 20.9. The number of hydrogen-bond donors (Lipinski definition) is 2. The number of ether oxygens (including phenoxy) is 2. The number of nitrogens with two attached hydrogens (primary N) is 1. The first-order valence-electron chi connectivity index (χ1n) is 10.4. The van der Waals surface area contributed by atoms with Gasteiger partial charge in [-0.15, -0.1) is 0 Å². The van der Waals surface area contributed by atoms with Gasteiger partial charge in [0, 0.05) is 13.1 Å². The van der Waals surface area contributed by atoms with Crippen LogP contribution in [0.3, 0.4) is 0 Å². The fourth-order valence-corrected chi connectivity index (χ4v) is 3.15. The maximum Gasteiger partial charge on any atom is 0.161 e. The molecule has 1 fully saturated rings. The first-order valence-corrected chi connectivity index (χ1v) is 10.4. The quantitative estimate of drug-likeness (QED) is 0.815. The highest BCUT2D eigenvalue weighted by Gasteiger charge is 2.29. The lowest BCUT2D eigenvalue weighted by molar-refractivity contribution is 0.143. The van der Waals surface area contributed by atoms with Crippen molar-refractivity contribution in [2.45, 2.75) is 60.5 Å². The van der Waals surface area contributed by atoms with Crippen LogP contribution in [0.2, 0.25) is 0 Å². The van der Waals surface area contributed by atoms with E-state index in [1.54, 1.807) is 0 Å². The predicted molar refractivity (Wildman–Crippen MR) is 115 cm³/mol. The van der Waals surface area contributed by atoms with E-state index < -0.39 is 6.10 Å². The zero-order valence-corrected chi connectivity index (χ0v) is 18.5. The zero-order valence-electron chi connectivity index (χ0n) is 18.5. The SMILES string of the molecule is CC.CC.CC1(C)CCN(CCC(O)c2ccc3c(c2)OCCO3)C1.CN. The molecule has 0 radical (unpaired) electrons. The molecule has 2 aliphatic rings. The van der Waals surface area contributed by atoms with Crippen molar-refractivity contribution in [3.63, 3.8) is 0 Å². The van der Waals surface area contributed by atoms with Crippen molar-refractivity contribution in [2.75, 3.05) is 39.9 Å².